The Labute approximate surface area is 165 Å². The first-order chi connectivity index (χ1) is 13.6. The van der Waals surface area contributed by atoms with E-state index in [0.717, 1.165) is 44.5 Å². The van der Waals surface area contributed by atoms with E-state index in [-0.39, 0.29) is 29.6 Å². The number of halogens is 1. The molecule has 2 amide bonds. The summed E-state index contributed by atoms with van der Waals surface area (Å²) in [5.74, 6) is 0.947. The number of rotatable bonds is 4. The number of hydrogen-bond donors (Lipinski definition) is 0. The fraction of sp³-hybridized carbons (Fsp3) is 0.636. The summed E-state index contributed by atoms with van der Waals surface area (Å²) in [6, 6.07) is 7.44. The van der Waals surface area contributed by atoms with Crippen LogP contribution in [0.25, 0.3) is 0 Å². The van der Waals surface area contributed by atoms with Gasteiger partial charge >= 0.3 is 0 Å². The molecular weight excluding hydrogens is 357 g/mol. The Morgan fingerprint density at radius 3 is 2.50 bits per heavy atom. The predicted octanol–water partition coefficient (Wildman–Crippen LogP) is 2.23. The molecular formula is C22H28FN3O2. The van der Waals surface area contributed by atoms with E-state index in [0.29, 0.717) is 37.9 Å². The summed E-state index contributed by atoms with van der Waals surface area (Å²) < 4.78 is 13.4. The van der Waals surface area contributed by atoms with E-state index in [2.05, 4.69) is 9.80 Å². The zero-order chi connectivity index (χ0) is 19.3. The van der Waals surface area contributed by atoms with Crippen LogP contribution >= 0.6 is 0 Å². The molecule has 28 heavy (non-hydrogen) atoms. The summed E-state index contributed by atoms with van der Waals surface area (Å²) in [6.45, 7) is 4.25. The monoisotopic (exact) mass is 385 g/mol. The van der Waals surface area contributed by atoms with E-state index in [4.69, 9.17) is 0 Å². The topological polar surface area (TPSA) is 43.9 Å². The third kappa shape index (κ3) is 3.02. The molecule has 5 aliphatic rings. The Balaban J connectivity index is 1.36. The number of piperidine rings is 3. The molecule has 5 saturated heterocycles. The minimum Gasteiger partial charge on any atom is -0.342 e. The maximum absolute atomic E-state index is 13.4. The van der Waals surface area contributed by atoms with Crippen LogP contribution in [0.2, 0.25) is 0 Å². The van der Waals surface area contributed by atoms with Crippen LogP contribution in [0.15, 0.2) is 24.3 Å². The molecule has 5 heterocycles. The highest BCUT2D eigenvalue weighted by Crippen LogP contribution is 2.46. The molecule has 6 rings (SSSR count). The van der Waals surface area contributed by atoms with Crippen molar-refractivity contribution in [3.05, 3.63) is 35.6 Å². The van der Waals surface area contributed by atoms with Gasteiger partial charge in [0.1, 0.15) is 5.82 Å². The molecule has 1 aromatic carbocycles. The number of benzene rings is 1. The van der Waals surface area contributed by atoms with E-state index in [1.165, 1.54) is 12.1 Å². The number of likely N-dealkylation sites (tertiary alicyclic amines) is 2. The van der Waals surface area contributed by atoms with Crippen LogP contribution in [0.1, 0.15) is 43.6 Å². The van der Waals surface area contributed by atoms with Crippen LogP contribution < -0.4 is 0 Å². The molecule has 1 aromatic rings. The molecule has 3 atom stereocenters. The van der Waals surface area contributed by atoms with Gasteiger partial charge in [-0.25, -0.2) is 4.39 Å². The number of hydrogen-bond acceptors (Lipinski definition) is 3. The molecule has 5 fully saturated rings. The quantitative estimate of drug-likeness (QED) is 0.798. The molecule has 5 nitrogen and oxygen atoms in total. The Morgan fingerprint density at radius 2 is 1.82 bits per heavy atom. The van der Waals surface area contributed by atoms with Gasteiger partial charge in [-0.3, -0.25) is 14.5 Å². The molecule has 0 saturated carbocycles. The Kier molecular flexibility index (Phi) is 4.62. The highest BCUT2D eigenvalue weighted by atomic mass is 19.1. The highest BCUT2D eigenvalue weighted by molar-refractivity contribution is 5.80. The van der Waals surface area contributed by atoms with Gasteiger partial charge in [0.05, 0.1) is 6.04 Å². The maximum atomic E-state index is 13.4. The predicted molar refractivity (Wildman–Crippen MR) is 103 cm³/mol. The molecule has 2 bridgehead atoms. The molecule has 0 aliphatic carbocycles. The summed E-state index contributed by atoms with van der Waals surface area (Å²) in [7, 11) is 0. The van der Waals surface area contributed by atoms with E-state index >= 15 is 0 Å². The highest BCUT2D eigenvalue weighted by Gasteiger charge is 2.54. The second-order valence-electron chi connectivity index (χ2n) is 8.79. The standard InChI is InChI=1S/C22H28FN3O2/c23-17-5-3-15(4-6-17)18-14-26(20(28)9-13-24-10-1-2-19(24)27)21-16-7-11-25(12-8-16)22(18)21/h3-6,16,18,21-22H,1-2,7-14H2/t18-,21+,22+/m0/s1. The first-order valence-electron chi connectivity index (χ1n) is 10.7. The fourth-order valence-electron chi connectivity index (χ4n) is 6.02. The summed E-state index contributed by atoms with van der Waals surface area (Å²) in [4.78, 5) is 31.5. The summed E-state index contributed by atoms with van der Waals surface area (Å²) >= 11 is 0. The van der Waals surface area contributed by atoms with Gasteiger partial charge in [-0.15, -0.1) is 0 Å². The number of fused-ring (bicyclic) bond motifs is 2. The second kappa shape index (κ2) is 7.14. The van der Waals surface area contributed by atoms with E-state index in [9.17, 15) is 14.0 Å². The van der Waals surface area contributed by atoms with Gasteiger partial charge in [-0.1, -0.05) is 12.1 Å². The minimum absolute atomic E-state index is 0.174. The lowest BCUT2D eigenvalue weighted by Gasteiger charge is -2.51. The van der Waals surface area contributed by atoms with Gasteiger partial charge in [0.2, 0.25) is 11.8 Å². The van der Waals surface area contributed by atoms with Gasteiger partial charge in [0.15, 0.2) is 0 Å². The van der Waals surface area contributed by atoms with Gasteiger partial charge in [0, 0.05) is 44.4 Å². The van der Waals surface area contributed by atoms with Gasteiger partial charge in [-0.2, -0.15) is 0 Å². The van der Waals surface area contributed by atoms with Crippen molar-refractivity contribution in [3.63, 3.8) is 0 Å². The van der Waals surface area contributed by atoms with Crippen molar-refractivity contribution in [2.24, 2.45) is 5.92 Å². The molecule has 150 valence electrons. The zero-order valence-corrected chi connectivity index (χ0v) is 16.2. The third-order valence-corrected chi connectivity index (χ3v) is 7.38. The smallest absolute Gasteiger partial charge is 0.224 e. The normalized spacial score (nSPS) is 34.2. The number of nitrogens with zero attached hydrogens (tertiary/aromatic N) is 3. The lowest BCUT2D eigenvalue weighted by atomic mass is 9.75. The summed E-state index contributed by atoms with van der Waals surface area (Å²) in [5, 5.41) is 0. The van der Waals surface area contributed by atoms with Crippen molar-refractivity contribution >= 4 is 11.8 Å². The van der Waals surface area contributed by atoms with E-state index in [1.54, 1.807) is 0 Å². The van der Waals surface area contributed by atoms with Crippen molar-refractivity contribution in [1.29, 1.82) is 0 Å². The third-order valence-electron chi connectivity index (χ3n) is 7.38. The largest absolute Gasteiger partial charge is 0.342 e. The van der Waals surface area contributed by atoms with Crippen molar-refractivity contribution in [1.82, 2.24) is 14.7 Å². The summed E-state index contributed by atoms with van der Waals surface area (Å²) in [6.07, 6.45) is 4.26. The average Bonchev–Trinajstić information content (AvgIpc) is 3.33. The molecule has 0 radical (unpaired) electrons. The molecule has 5 aliphatic heterocycles. The van der Waals surface area contributed by atoms with Crippen LogP contribution in [-0.2, 0) is 9.59 Å². The van der Waals surface area contributed by atoms with Gasteiger partial charge in [0.25, 0.3) is 0 Å². The van der Waals surface area contributed by atoms with E-state index in [1.807, 2.05) is 17.0 Å². The van der Waals surface area contributed by atoms with Gasteiger partial charge in [-0.05, 0) is 56.0 Å². The fourth-order valence-corrected chi connectivity index (χ4v) is 6.02. The van der Waals surface area contributed by atoms with Crippen molar-refractivity contribution in [3.8, 4) is 0 Å². The van der Waals surface area contributed by atoms with Crippen LogP contribution in [0.3, 0.4) is 0 Å². The van der Waals surface area contributed by atoms with Crippen LogP contribution in [-0.4, -0.2) is 71.3 Å². The lowest BCUT2D eigenvalue weighted by Crippen LogP contribution is -2.60. The van der Waals surface area contributed by atoms with E-state index < -0.39 is 0 Å². The van der Waals surface area contributed by atoms with Crippen molar-refractivity contribution in [2.75, 3.05) is 32.7 Å². The first kappa shape index (κ1) is 18.1. The second-order valence-corrected chi connectivity index (χ2v) is 8.79. The molecule has 0 unspecified atom stereocenters. The summed E-state index contributed by atoms with van der Waals surface area (Å²) in [5.41, 5.74) is 1.13. The van der Waals surface area contributed by atoms with Crippen molar-refractivity contribution in [2.45, 2.75) is 50.1 Å². The first-order valence-corrected chi connectivity index (χ1v) is 10.7. The van der Waals surface area contributed by atoms with Crippen LogP contribution in [0.5, 0.6) is 0 Å². The maximum Gasteiger partial charge on any atom is 0.224 e. The van der Waals surface area contributed by atoms with Crippen molar-refractivity contribution < 1.29 is 14.0 Å². The van der Waals surface area contributed by atoms with Crippen LogP contribution in [0, 0.1) is 11.7 Å². The Hall–Kier alpha value is -1.95. The molecule has 0 spiro atoms. The minimum atomic E-state index is -0.216. The molecule has 6 heteroatoms. The Morgan fingerprint density at radius 1 is 1.07 bits per heavy atom. The zero-order valence-electron chi connectivity index (χ0n) is 16.2. The van der Waals surface area contributed by atoms with Crippen LogP contribution in [0.4, 0.5) is 4.39 Å². The lowest BCUT2D eigenvalue weighted by molar-refractivity contribution is -0.137. The SMILES string of the molecule is O=C1CCCN1CCC(=O)N1C[C@@H](c2ccc(F)cc2)[C@@H]2[C@H]1C1CCN2CC1. The molecule has 0 N–H and O–H groups in total. The van der Waals surface area contributed by atoms with Gasteiger partial charge < -0.3 is 9.80 Å². The number of amides is 2. The molecule has 0 aromatic heterocycles. The Bertz CT molecular complexity index is 760. The number of carbonyl (C=O) groups excluding carboxylic acids is 2. The number of carbonyl (C=O) groups is 2. The average molecular weight is 385 g/mol.